The van der Waals surface area contributed by atoms with Crippen molar-refractivity contribution in [3.05, 3.63) is 128 Å². The first kappa shape index (κ1) is 32.5. The van der Waals surface area contributed by atoms with Crippen LogP contribution < -0.4 is 14.2 Å². The molecule has 5 aromatic rings. The molecule has 44 heavy (non-hydrogen) atoms. The van der Waals surface area contributed by atoms with Gasteiger partial charge in [0, 0.05) is 33.8 Å². The predicted octanol–water partition coefficient (Wildman–Crippen LogP) is 8.51. The van der Waals surface area contributed by atoms with Gasteiger partial charge >= 0.3 is 0 Å². The van der Waals surface area contributed by atoms with Gasteiger partial charge in [-0.1, -0.05) is 29.3 Å². The van der Waals surface area contributed by atoms with E-state index in [1.165, 1.54) is 36.8 Å². The van der Waals surface area contributed by atoms with Crippen molar-refractivity contribution < 1.29 is 17.9 Å². The van der Waals surface area contributed by atoms with Crippen molar-refractivity contribution in [2.45, 2.75) is 11.8 Å². The molecule has 9 nitrogen and oxygen atoms in total. The highest BCUT2D eigenvalue weighted by atomic mass is 127. The Morgan fingerprint density at radius 2 is 1.27 bits per heavy atom. The number of halogens is 3. The van der Waals surface area contributed by atoms with Crippen molar-refractivity contribution >= 4 is 61.5 Å². The lowest BCUT2D eigenvalue weighted by Gasteiger charge is -2.11. The van der Waals surface area contributed by atoms with E-state index in [1.54, 1.807) is 54.7 Å². The van der Waals surface area contributed by atoms with E-state index in [1.807, 2.05) is 19.1 Å². The summed E-state index contributed by atoms with van der Waals surface area (Å²) < 4.78 is 39.8. The van der Waals surface area contributed by atoms with Crippen molar-refractivity contribution in [2.24, 2.45) is 0 Å². The first-order valence-corrected chi connectivity index (χ1v) is 15.8. The maximum Gasteiger partial charge on any atom is 0.261 e. The third-order valence-electron chi connectivity index (χ3n) is 5.55. The SMILES string of the molecule is Cc1ccc(Oc2cncc(Cl)c2)c(C#N)c1.N#Cc1cc(S(=O)(=O)Nc2ccc(I)cc2)ccc1Oc1cncc(Cl)c1. The Labute approximate surface area is 277 Å². The highest BCUT2D eigenvalue weighted by molar-refractivity contribution is 14.1. The third kappa shape index (κ3) is 9.05. The van der Waals surface area contributed by atoms with Crippen molar-refractivity contribution in [3.8, 4) is 35.1 Å². The fourth-order valence-electron chi connectivity index (χ4n) is 3.56. The zero-order valence-corrected chi connectivity index (χ0v) is 27.2. The molecule has 2 aromatic heterocycles. The summed E-state index contributed by atoms with van der Waals surface area (Å²) in [7, 11) is -3.85. The van der Waals surface area contributed by atoms with Crippen LogP contribution in [-0.4, -0.2) is 18.4 Å². The minimum absolute atomic E-state index is 0.0471. The molecule has 0 aliphatic heterocycles. The molecule has 2 heterocycles. The zero-order valence-electron chi connectivity index (χ0n) is 22.7. The molecular weight excluding hydrogens is 736 g/mol. The number of anilines is 1. The second-order valence-electron chi connectivity index (χ2n) is 8.88. The predicted molar refractivity (Wildman–Crippen MR) is 176 cm³/mol. The van der Waals surface area contributed by atoms with Crippen molar-refractivity contribution in [3.63, 3.8) is 0 Å². The van der Waals surface area contributed by atoms with Gasteiger partial charge in [-0.05, 0) is 89.7 Å². The number of hydrogen-bond donors (Lipinski definition) is 1. The summed E-state index contributed by atoms with van der Waals surface area (Å²) >= 11 is 13.8. The molecule has 5 rings (SSSR count). The standard InChI is InChI=1S/C18H11ClIN3O3S.C13H9ClN2O/c19-13-8-16(11-22-10-13)26-18-6-5-17(7-12(18)9-21)27(24,25)23-15-3-1-14(20)2-4-15;1-9-2-3-13(10(4-9)6-15)17-12-5-11(14)7-16-8-12/h1-8,10-11,23H;2-5,7-8H,1H3. The number of rotatable bonds is 7. The molecule has 0 radical (unpaired) electrons. The van der Waals surface area contributed by atoms with Gasteiger partial charge in [-0.25, -0.2) is 8.42 Å². The molecule has 0 amide bonds. The highest BCUT2D eigenvalue weighted by Crippen LogP contribution is 2.29. The van der Waals surface area contributed by atoms with Crippen molar-refractivity contribution in [2.75, 3.05) is 4.72 Å². The molecule has 0 fully saturated rings. The van der Waals surface area contributed by atoms with Crippen LogP contribution in [0.5, 0.6) is 23.0 Å². The number of nitriles is 2. The molecular formula is C31H20Cl2IN5O4S. The van der Waals surface area contributed by atoms with Gasteiger partial charge < -0.3 is 9.47 Å². The van der Waals surface area contributed by atoms with Crippen molar-refractivity contribution in [1.29, 1.82) is 10.5 Å². The smallest absolute Gasteiger partial charge is 0.261 e. The normalized spacial score (nSPS) is 10.4. The number of sulfonamides is 1. The molecule has 0 aliphatic rings. The van der Waals surface area contributed by atoms with E-state index in [2.05, 4.69) is 43.4 Å². The second kappa shape index (κ2) is 14.9. The molecule has 1 N–H and O–H groups in total. The van der Waals surface area contributed by atoms with E-state index in [0.717, 1.165) is 9.13 Å². The zero-order chi connectivity index (χ0) is 31.7. The molecule has 13 heteroatoms. The van der Waals surface area contributed by atoms with Crippen LogP contribution in [0.3, 0.4) is 0 Å². The number of hydrogen-bond acceptors (Lipinski definition) is 8. The van der Waals surface area contributed by atoms with Gasteiger partial charge in [-0.2, -0.15) is 10.5 Å². The fourth-order valence-corrected chi connectivity index (χ4v) is 5.33. The van der Waals surface area contributed by atoms with Crippen LogP contribution in [0.1, 0.15) is 16.7 Å². The molecule has 0 aliphatic carbocycles. The quantitative estimate of drug-likeness (QED) is 0.163. The van der Waals surface area contributed by atoms with Gasteiger partial charge in [0.25, 0.3) is 10.0 Å². The van der Waals surface area contributed by atoms with Crippen LogP contribution in [0.15, 0.2) is 102 Å². The number of benzene rings is 3. The molecule has 0 unspecified atom stereocenters. The Morgan fingerprint density at radius 3 is 1.80 bits per heavy atom. The van der Waals surface area contributed by atoms with Gasteiger partial charge in [0.15, 0.2) is 0 Å². The monoisotopic (exact) mass is 755 g/mol. The van der Waals surface area contributed by atoms with Crippen LogP contribution in [0.4, 0.5) is 5.69 Å². The minimum Gasteiger partial charge on any atom is -0.454 e. The summed E-state index contributed by atoms with van der Waals surface area (Å²) in [6.45, 7) is 1.92. The molecule has 0 saturated heterocycles. The molecule has 0 bridgehead atoms. The van der Waals surface area contributed by atoms with E-state index < -0.39 is 10.0 Å². The topological polar surface area (TPSA) is 138 Å². The van der Waals surface area contributed by atoms with Gasteiger partial charge in [0.2, 0.25) is 0 Å². The Morgan fingerprint density at radius 1 is 0.750 bits per heavy atom. The van der Waals surface area contributed by atoms with E-state index in [0.29, 0.717) is 38.5 Å². The maximum absolute atomic E-state index is 12.6. The number of aromatic nitrogens is 2. The van der Waals surface area contributed by atoms with Gasteiger partial charge in [0.05, 0.1) is 38.5 Å². The van der Waals surface area contributed by atoms with Crippen molar-refractivity contribution in [1.82, 2.24) is 9.97 Å². The molecule has 0 saturated carbocycles. The van der Waals surface area contributed by atoms with Crippen LogP contribution in [-0.2, 0) is 10.0 Å². The first-order chi connectivity index (χ1) is 21.1. The van der Waals surface area contributed by atoms with Gasteiger partial charge in [-0.15, -0.1) is 0 Å². The summed E-state index contributed by atoms with van der Waals surface area (Å²) in [5.41, 5.74) is 2.00. The largest absolute Gasteiger partial charge is 0.454 e. The number of nitrogens with one attached hydrogen (secondary N) is 1. The van der Waals surface area contributed by atoms with Gasteiger partial charge in [-0.3, -0.25) is 14.7 Å². The molecule has 3 aromatic carbocycles. The Bertz CT molecular complexity index is 2000. The first-order valence-electron chi connectivity index (χ1n) is 12.5. The molecule has 0 spiro atoms. The number of ether oxygens (including phenoxy) is 2. The second-order valence-corrected chi connectivity index (χ2v) is 12.7. The summed E-state index contributed by atoms with van der Waals surface area (Å²) in [6.07, 6.45) is 5.96. The van der Waals surface area contributed by atoms with Crippen LogP contribution in [0.25, 0.3) is 0 Å². The third-order valence-corrected chi connectivity index (χ3v) is 8.06. The average molecular weight is 756 g/mol. The molecule has 220 valence electrons. The summed E-state index contributed by atoms with van der Waals surface area (Å²) in [5.74, 6) is 1.56. The number of pyridine rings is 2. The number of nitrogens with zero attached hydrogens (tertiary/aromatic N) is 4. The lowest BCUT2D eigenvalue weighted by atomic mass is 10.1. The van der Waals surface area contributed by atoms with E-state index in [-0.39, 0.29) is 16.2 Å². The van der Waals surface area contributed by atoms with Crippen LogP contribution in [0, 0.1) is 33.2 Å². The number of aryl methyl sites for hydroxylation is 1. The lowest BCUT2D eigenvalue weighted by molar-refractivity contribution is 0.478. The Hall–Kier alpha value is -4.40. The van der Waals surface area contributed by atoms with Gasteiger partial charge in [0.1, 0.15) is 35.1 Å². The summed E-state index contributed by atoms with van der Waals surface area (Å²) in [6, 6.07) is 23.6. The maximum atomic E-state index is 12.6. The van der Waals surface area contributed by atoms with Crippen LogP contribution in [0.2, 0.25) is 10.0 Å². The summed E-state index contributed by atoms with van der Waals surface area (Å²) in [4.78, 5) is 7.77. The van der Waals surface area contributed by atoms with E-state index >= 15 is 0 Å². The van der Waals surface area contributed by atoms with E-state index in [9.17, 15) is 13.7 Å². The molecule has 0 atom stereocenters. The fraction of sp³-hybridized carbons (Fsp3) is 0.0323. The van der Waals surface area contributed by atoms with Crippen LogP contribution >= 0.6 is 45.8 Å². The lowest BCUT2D eigenvalue weighted by Crippen LogP contribution is -2.13. The highest BCUT2D eigenvalue weighted by Gasteiger charge is 2.17. The summed E-state index contributed by atoms with van der Waals surface area (Å²) in [5, 5.41) is 19.3. The average Bonchev–Trinajstić information content (AvgIpc) is 2.99. The Balaban J connectivity index is 0.000000223. The Kier molecular flexibility index (Phi) is 11.0. The minimum atomic E-state index is -3.85. The van der Waals surface area contributed by atoms with E-state index in [4.69, 9.17) is 37.9 Å².